The maximum atomic E-state index is 14.0. The highest BCUT2D eigenvalue weighted by atomic mass is 19.1. The van der Waals surface area contributed by atoms with E-state index in [0.717, 1.165) is 17.1 Å². The van der Waals surface area contributed by atoms with Gasteiger partial charge >= 0.3 is 5.91 Å². The lowest BCUT2D eigenvalue weighted by molar-refractivity contribution is 0.0923. The van der Waals surface area contributed by atoms with Crippen molar-refractivity contribution in [3.05, 3.63) is 125 Å². The molecule has 3 aromatic carbocycles. The predicted molar refractivity (Wildman–Crippen MR) is 164 cm³/mol. The van der Waals surface area contributed by atoms with Crippen molar-refractivity contribution in [3.8, 4) is 28.7 Å². The van der Waals surface area contributed by atoms with Crippen LogP contribution >= 0.6 is 0 Å². The molecule has 0 radical (unpaired) electrons. The van der Waals surface area contributed by atoms with Crippen LogP contribution in [0.2, 0.25) is 0 Å². The van der Waals surface area contributed by atoms with Gasteiger partial charge in [0.05, 0.1) is 20.4 Å². The summed E-state index contributed by atoms with van der Waals surface area (Å²) >= 11 is 0. The molecular formula is C34H32FN3O6. The second-order valence-corrected chi connectivity index (χ2v) is 9.83. The zero-order valence-electron chi connectivity index (χ0n) is 24.8. The highest BCUT2D eigenvalue weighted by Crippen LogP contribution is 2.39. The van der Waals surface area contributed by atoms with Crippen molar-refractivity contribution in [2.75, 3.05) is 14.2 Å². The number of amides is 1. The van der Waals surface area contributed by atoms with Gasteiger partial charge < -0.3 is 27.9 Å². The number of aromatic nitrogens is 1. The summed E-state index contributed by atoms with van der Waals surface area (Å²) in [5.74, 6) is 1.37. The molecule has 226 valence electrons. The number of benzene rings is 3. The molecule has 0 aliphatic rings. The third-order valence-corrected chi connectivity index (χ3v) is 6.83. The van der Waals surface area contributed by atoms with E-state index in [1.165, 1.54) is 26.5 Å². The van der Waals surface area contributed by atoms with Crippen LogP contribution in [0.5, 0.6) is 23.0 Å². The van der Waals surface area contributed by atoms with Crippen LogP contribution in [-0.2, 0) is 13.2 Å². The van der Waals surface area contributed by atoms with Gasteiger partial charge in [-0.3, -0.25) is 4.79 Å². The third-order valence-electron chi connectivity index (χ3n) is 6.83. The molecular weight excluding hydrogens is 565 g/mol. The van der Waals surface area contributed by atoms with Crippen molar-refractivity contribution in [2.24, 2.45) is 5.10 Å². The standard InChI is InChI=1S/C34H32FN3O6/c1-22-9-10-23(2)38(22)26-11-13-27(14-12-26)42-21-28-15-16-30(44-28)34(39)37-36-19-24-17-31(40-3)33(32(18-24)41-4)43-20-25-7-5-6-8-29(25)35/h5-19H,20-21H2,1-4H3,(H,37,39)/b36-19+. The van der Waals surface area contributed by atoms with E-state index in [9.17, 15) is 9.18 Å². The van der Waals surface area contributed by atoms with Gasteiger partial charge in [-0.05, 0) is 80.6 Å². The fourth-order valence-corrected chi connectivity index (χ4v) is 4.60. The minimum Gasteiger partial charge on any atom is -0.493 e. The second kappa shape index (κ2) is 13.6. The quantitative estimate of drug-likeness (QED) is 0.126. The summed E-state index contributed by atoms with van der Waals surface area (Å²) in [7, 11) is 2.96. The van der Waals surface area contributed by atoms with Gasteiger partial charge in [0.15, 0.2) is 17.3 Å². The molecule has 1 N–H and O–H groups in total. The van der Waals surface area contributed by atoms with Crippen LogP contribution in [-0.4, -0.2) is 30.9 Å². The van der Waals surface area contributed by atoms with Crippen LogP contribution in [0.15, 0.2) is 94.4 Å². The zero-order valence-corrected chi connectivity index (χ0v) is 24.8. The number of nitrogens with zero attached hydrogens (tertiary/aromatic N) is 2. The lowest BCUT2D eigenvalue weighted by Crippen LogP contribution is -2.16. The van der Waals surface area contributed by atoms with E-state index in [4.69, 9.17) is 23.4 Å². The van der Waals surface area contributed by atoms with E-state index < -0.39 is 5.91 Å². The number of carbonyl (C=O) groups is 1. The molecule has 5 rings (SSSR count). The lowest BCUT2D eigenvalue weighted by Gasteiger charge is -2.15. The molecule has 0 bridgehead atoms. The third kappa shape index (κ3) is 6.92. The minimum atomic E-state index is -0.530. The normalized spacial score (nSPS) is 11.0. The van der Waals surface area contributed by atoms with Crippen LogP contribution in [0, 0.1) is 19.7 Å². The first-order valence-corrected chi connectivity index (χ1v) is 13.8. The van der Waals surface area contributed by atoms with Gasteiger partial charge in [0.1, 0.15) is 30.5 Å². The van der Waals surface area contributed by atoms with Crippen LogP contribution in [0.25, 0.3) is 5.69 Å². The average molecular weight is 598 g/mol. The van der Waals surface area contributed by atoms with Crippen LogP contribution < -0.4 is 24.4 Å². The summed E-state index contributed by atoms with van der Waals surface area (Å²) < 4.78 is 44.4. The first-order chi connectivity index (χ1) is 21.4. The Balaban J connectivity index is 1.17. The van der Waals surface area contributed by atoms with E-state index in [1.807, 2.05) is 24.3 Å². The number of hydrazone groups is 1. The number of ether oxygens (including phenoxy) is 4. The first-order valence-electron chi connectivity index (χ1n) is 13.8. The lowest BCUT2D eigenvalue weighted by atomic mass is 10.2. The molecule has 0 fully saturated rings. The van der Waals surface area contributed by atoms with Gasteiger partial charge in [0.2, 0.25) is 5.75 Å². The van der Waals surface area contributed by atoms with E-state index in [1.54, 1.807) is 42.5 Å². The van der Waals surface area contributed by atoms with E-state index >= 15 is 0 Å². The molecule has 5 aromatic rings. The Hall–Kier alpha value is -5.51. The van der Waals surface area contributed by atoms with E-state index in [0.29, 0.717) is 39.9 Å². The predicted octanol–water partition coefficient (Wildman–Crippen LogP) is 6.77. The fraction of sp³-hybridized carbons (Fsp3) is 0.176. The van der Waals surface area contributed by atoms with Crippen molar-refractivity contribution >= 4 is 12.1 Å². The monoisotopic (exact) mass is 597 g/mol. The van der Waals surface area contributed by atoms with Gasteiger partial charge in [-0.2, -0.15) is 5.10 Å². The zero-order chi connectivity index (χ0) is 31.1. The highest BCUT2D eigenvalue weighted by Gasteiger charge is 2.16. The number of hydrogen-bond acceptors (Lipinski definition) is 7. The summed E-state index contributed by atoms with van der Waals surface area (Å²) in [4.78, 5) is 12.6. The maximum Gasteiger partial charge on any atom is 0.307 e. The number of nitrogens with one attached hydrogen (secondary N) is 1. The SMILES string of the molecule is COc1cc(/C=N/NC(=O)c2ccc(COc3ccc(-n4c(C)ccc4C)cc3)o2)cc(OC)c1OCc1ccccc1F. The minimum absolute atomic E-state index is 0.0147. The maximum absolute atomic E-state index is 14.0. The number of aryl methyl sites for hydroxylation is 2. The van der Waals surface area contributed by atoms with Gasteiger partial charge in [0.25, 0.3) is 0 Å². The van der Waals surface area contributed by atoms with Crippen molar-refractivity contribution in [3.63, 3.8) is 0 Å². The molecule has 9 nitrogen and oxygen atoms in total. The fourth-order valence-electron chi connectivity index (χ4n) is 4.60. The molecule has 0 aliphatic heterocycles. The van der Waals surface area contributed by atoms with Crippen molar-refractivity contribution in [1.29, 1.82) is 0 Å². The first kappa shape index (κ1) is 30.0. The molecule has 2 aromatic heterocycles. The molecule has 10 heteroatoms. The summed E-state index contributed by atoms with van der Waals surface area (Å²) in [6.07, 6.45) is 1.43. The molecule has 0 saturated carbocycles. The summed E-state index contributed by atoms with van der Waals surface area (Å²) in [5, 5.41) is 4.03. The highest BCUT2D eigenvalue weighted by molar-refractivity contribution is 5.92. The van der Waals surface area contributed by atoms with Gasteiger partial charge in [-0.25, -0.2) is 9.82 Å². The smallest absolute Gasteiger partial charge is 0.307 e. The van der Waals surface area contributed by atoms with Crippen LogP contribution in [0.3, 0.4) is 0 Å². The number of rotatable bonds is 12. The number of halogens is 1. The van der Waals surface area contributed by atoms with Crippen molar-refractivity contribution in [1.82, 2.24) is 9.99 Å². The number of methoxy groups -OCH3 is 2. The van der Waals surface area contributed by atoms with Gasteiger partial charge in [-0.15, -0.1) is 0 Å². The van der Waals surface area contributed by atoms with Crippen molar-refractivity contribution < 1.29 is 32.5 Å². The van der Waals surface area contributed by atoms with Gasteiger partial charge in [-0.1, -0.05) is 18.2 Å². The Bertz CT molecular complexity index is 1730. The average Bonchev–Trinajstić information content (AvgIpc) is 3.65. The topological polar surface area (TPSA) is 96.5 Å². The Labute approximate surface area is 254 Å². The van der Waals surface area contributed by atoms with E-state index in [2.05, 4.69) is 41.1 Å². The number of carbonyl (C=O) groups excluding carboxylic acids is 1. The molecule has 0 atom stereocenters. The summed E-state index contributed by atoms with van der Waals surface area (Å²) in [6, 6.07) is 24.8. The van der Waals surface area contributed by atoms with Gasteiger partial charge in [0, 0.05) is 28.2 Å². The molecule has 0 spiro atoms. The molecule has 44 heavy (non-hydrogen) atoms. The Morgan fingerprint density at radius 1 is 0.886 bits per heavy atom. The number of furan rings is 1. The molecule has 1 amide bonds. The van der Waals surface area contributed by atoms with E-state index in [-0.39, 0.29) is 24.8 Å². The largest absolute Gasteiger partial charge is 0.493 e. The molecule has 0 saturated heterocycles. The number of hydrogen-bond donors (Lipinski definition) is 1. The van der Waals surface area contributed by atoms with Crippen LogP contribution in [0.1, 0.15) is 38.8 Å². The van der Waals surface area contributed by atoms with Crippen LogP contribution in [0.4, 0.5) is 4.39 Å². The van der Waals surface area contributed by atoms with Crippen molar-refractivity contribution in [2.45, 2.75) is 27.1 Å². The Morgan fingerprint density at radius 3 is 2.23 bits per heavy atom. The second-order valence-electron chi connectivity index (χ2n) is 9.83. The summed E-state index contributed by atoms with van der Waals surface area (Å²) in [5.41, 5.74) is 6.77. The molecule has 0 aliphatic carbocycles. The summed E-state index contributed by atoms with van der Waals surface area (Å²) in [6.45, 7) is 4.27. The Kier molecular flexibility index (Phi) is 9.29. The Morgan fingerprint density at radius 2 is 1.57 bits per heavy atom. The molecule has 2 heterocycles. The molecule has 0 unspecified atom stereocenters.